The Bertz CT molecular complexity index is 654. The standard InChI is InChI=1S/C17H18N2O3/c1-21-15-9-8-14(12-16(15)22-2)17(20)19-18-11-10-13-6-4-3-5-7-13/h3-9,11-12H,10H2,1-2H3,(H,19,20)/b18-11+. The van der Waals surface area contributed by atoms with Crippen LogP contribution >= 0.6 is 0 Å². The van der Waals surface area contributed by atoms with Crippen LogP contribution in [0.25, 0.3) is 0 Å². The highest BCUT2D eigenvalue weighted by Crippen LogP contribution is 2.27. The van der Waals surface area contributed by atoms with E-state index in [1.807, 2.05) is 30.3 Å². The second-order valence-corrected chi connectivity index (χ2v) is 4.51. The number of hydrazone groups is 1. The quantitative estimate of drug-likeness (QED) is 0.659. The SMILES string of the molecule is COc1ccc(C(=O)N/N=C/Cc2ccccc2)cc1OC. The molecule has 2 aromatic rings. The van der Waals surface area contributed by atoms with E-state index >= 15 is 0 Å². The van der Waals surface area contributed by atoms with E-state index in [2.05, 4.69) is 10.5 Å². The lowest BCUT2D eigenvalue weighted by molar-refractivity contribution is 0.0954. The summed E-state index contributed by atoms with van der Waals surface area (Å²) >= 11 is 0. The molecule has 0 aliphatic rings. The number of methoxy groups -OCH3 is 2. The van der Waals surface area contributed by atoms with Gasteiger partial charge in [-0.3, -0.25) is 4.79 Å². The van der Waals surface area contributed by atoms with Gasteiger partial charge in [-0.25, -0.2) is 5.43 Å². The summed E-state index contributed by atoms with van der Waals surface area (Å²) in [7, 11) is 3.07. The molecule has 0 saturated heterocycles. The van der Waals surface area contributed by atoms with Crippen molar-refractivity contribution in [1.82, 2.24) is 5.43 Å². The van der Waals surface area contributed by atoms with Crippen molar-refractivity contribution in [2.75, 3.05) is 14.2 Å². The van der Waals surface area contributed by atoms with Gasteiger partial charge in [0.25, 0.3) is 5.91 Å². The molecule has 0 atom stereocenters. The fraction of sp³-hybridized carbons (Fsp3) is 0.176. The van der Waals surface area contributed by atoms with Crippen molar-refractivity contribution in [3.8, 4) is 11.5 Å². The first kappa shape index (κ1) is 15.6. The molecule has 0 saturated carbocycles. The fourth-order valence-corrected chi connectivity index (χ4v) is 1.91. The van der Waals surface area contributed by atoms with Crippen LogP contribution < -0.4 is 14.9 Å². The normalized spacial score (nSPS) is 10.5. The average Bonchev–Trinajstić information content (AvgIpc) is 2.58. The topological polar surface area (TPSA) is 59.9 Å². The van der Waals surface area contributed by atoms with E-state index in [-0.39, 0.29) is 5.91 Å². The van der Waals surface area contributed by atoms with Gasteiger partial charge < -0.3 is 9.47 Å². The summed E-state index contributed by atoms with van der Waals surface area (Å²) in [5, 5.41) is 3.94. The number of amides is 1. The van der Waals surface area contributed by atoms with E-state index < -0.39 is 0 Å². The average molecular weight is 298 g/mol. The number of nitrogens with zero attached hydrogens (tertiary/aromatic N) is 1. The molecule has 0 fully saturated rings. The molecule has 2 rings (SSSR count). The number of hydrogen-bond acceptors (Lipinski definition) is 4. The number of nitrogens with one attached hydrogen (secondary N) is 1. The Balaban J connectivity index is 1.94. The Morgan fingerprint density at radius 1 is 1.09 bits per heavy atom. The number of carbonyl (C=O) groups excluding carboxylic acids is 1. The first-order valence-corrected chi connectivity index (χ1v) is 6.82. The van der Waals surface area contributed by atoms with Crippen molar-refractivity contribution in [2.45, 2.75) is 6.42 Å². The molecule has 0 heterocycles. The van der Waals surface area contributed by atoms with E-state index in [1.54, 1.807) is 31.5 Å². The maximum Gasteiger partial charge on any atom is 0.271 e. The van der Waals surface area contributed by atoms with Crippen molar-refractivity contribution in [1.29, 1.82) is 0 Å². The maximum atomic E-state index is 12.0. The Morgan fingerprint density at radius 2 is 1.82 bits per heavy atom. The van der Waals surface area contributed by atoms with Gasteiger partial charge in [0, 0.05) is 18.2 Å². The lowest BCUT2D eigenvalue weighted by Crippen LogP contribution is -2.17. The smallest absolute Gasteiger partial charge is 0.271 e. The lowest BCUT2D eigenvalue weighted by atomic mass is 10.2. The molecule has 0 aliphatic heterocycles. The van der Waals surface area contributed by atoms with E-state index in [0.29, 0.717) is 23.5 Å². The van der Waals surface area contributed by atoms with Crippen LogP contribution in [0.3, 0.4) is 0 Å². The minimum Gasteiger partial charge on any atom is -0.493 e. The van der Waals surface area contributed by atoms with Gasteiger partial charge in [0.1, 0.15) is 0 Å². The largest absolute Gasteiger partial charge is 0.493 e. The maximum absolute atomic E-state index is 12.0. The van der Waals surface area contributed by atoms with E-state index in [9.17, 15) is 4.79 Å². The van der Waals surface area contributed by atoms with Crippen LogP contribution in [0, 0.1) is 0 Å². The first-order valence-electron chi connectivity index (χ1n) is 6.82. The molecule has 0 spiro atoms. The highest BCUT2D eigenvalue weighted by Gasteiger charge is 2.09. The van der Waals surface area contributed by atoms with Crippen LogP contribution in [0.5, 0.6) is 11.5 Å². The second-order valence-electron chi connectivity index (χ2n) is 4.51. The summed E-state index contributed by atoms with van der Waals surface area (Å²) in [5.74, 6) is 0.778. The van der Waals surface area contributed by atoms with Gasteiger partial charge in [0.2, 0.25) is 0 Å². The lowest BCUT2D eigenvalue weighted by Gasteiger charge is -2.08. The Hall–Kier alpha value is -2.82. The van der Waals surface area contributed by atoms with Crippen molar-refractivity contribution >= 4 is 12.1 Å². The zero-order valence-electron chi connectivity index (χ0n) is 12.6. The first-order chi connectivity index (χ1) is 10.7. The Morgan fingerprint density at radius 3 is 2.50 bits per heavy atom. The predicted molar refractivity (Wildman–Crippen MR) is 85.7 cm³/mol. The summed E-state index contributed by atoms with van der Waals surface area (Å²) in [6, 6.07) is 14.8. The van der Waals surface area contributed by atoms with Crippen molar-refractivity contribution in [3.63, 3.8) is 0 Å². The summed E-state index contributed by atoms with van der Waals surface area (Å²) < 4.78 is 10.3. The highest BCUT2D eigenvalue weighted by atomic mass is 16.5. The predicted octanol–water partition coefficient (Wildman–Crippen LogP) is 2.66. The monoisotopic (exact) mass is 298 g/mol. The number of carbonyl (C=O) groups is 1. The van der Waals surface area contributed by atoms with E-state index in [1.165, 1.54) is 7.11 Å². The van der Waals surface area contributed by atoms with E-state index in [4.69, 9.17) is 9.47 Å². The molecule has 0 bridgehead atoms. The molecular weight excluding hydrogens is 280 g/mol. The molecular formula is C17H18N2O3. The summed E-state index contributed by atoms with van der Waals surface area (Å²) in [6.07, 6.45) is 2.32. The number of benzene rings is 2. The minimum atomic E-state index is -0.301. The van der Waals surface area contributed by atoms with Crippen LogP contribution in [0.15, 0.2) is 53.6 Å². The van der Waals surface area contributed by atoms with Crippen molar-refractivity contribution in [2.24, 2.45) is 5.10 Å². The molecule has 0 aliphatic carbocycles. The number of hydrogen-bond donors (Lipinski definition) is 1. The summed E-state index contributed by atoms with van der Waals surface area (Å²) in [6.45, 7) is 0. The zero-order valence-corrected chi connectivity index (χ0v) is 12.6. The molecule has 5 nitrogen and oxygen atoms in total. The van der Waals surface area contributed by atoms with Crippen LogP contribution in [-0.2, 0) is 6.42 Å². The number of rotatable bonds is 6. The second kappa shape index (κ2) is 7.83. The van der Waals surface area contributed by atoms with Crippen LogP contribution in [0.2, 0.25) is 0 Å². The van der Waals surface area contributed by atoms with Gasteiger partial charge in [-0.2, -0.15) is 5.10 Å². The zero-order chi connectivity index (χ0) is 15.8. The van der Waals surface area contributed by atoms with Crippen LogP contribution in [0.4, 0.5) is 0 Å². The number of ether oxygens (including phenoxy) is 2. The summed E-state index contributed by atoms with van der Waals surface area (Å²) in [4.78, 5) is 12.0. The third kappa shape index (κ3) is 4.09. The molecule has 22 heavy (non-hydrogen) atoms. The van der Waals surface area contributed by atoms with Gasteiger partial charge in [-0.15, -0.1) is 0 Å². The molecule has 114 valence electrons. The van der Waals surface area contributed by atoms with Gasteiger partial charge in [-0.05, 0) is 23.8 Å². The molecule has 0 aromatic heterocycles. The van der Waals surface area contributed by atoms with Crippen LogP contribution in [-0.4, -0.2) is 26.3 Å². The van der Waals surface area contributed by atoms with Crippen molar-refractivity contribution < 1.29 is 14.3 Å². The minimum absolute atomic E-state index is 0.301. The third-order valence-electron chi connectivity index (χ3n) is 3.07. The molecule has 0 radical (unpaired) electrons. The highest BCUT2D eigenvalue weighted by molar-refractivity contribution is 5.95. The van der Waals surface area contributed by atoms with Gasteiger partial charge in [0.15, 0.2) is 11.5 Å². The molecule has 0 unspecified atom stereocenters. The fourth-order valence-electron chi connectivity index (χ4n) is 1.91. The molecule has 5 heteroatoms. The third-order valence-corrected chi connectivity index (χ3v) is 3.07. The molecule has 2 aromatic carbocycles. The Labute approximate surface area is 129 Å². The Kier molecular flexibility index (Phi) is 5.54. The van der Waals surface area contributed by atoms with E-state index in [0.717, 1.165) is 5.56 Å². The molecule has 1 N–H and O–H groups in total. The van der Waals surface area contributed by atoms with Gasteiger partial charge >= 0.3 is 0 Å². The molecule has 1 amide bonds. The summed E-state index contributed by atoms with van der Waals surface area (Å²) in [5.41, 5.74) is 4.08. The van der Waals surface area contributed by atoms with Gasteiger partial charge in [0.05, 0.1) is 14.2 Å². The van der Waals surface area contributed by atoms with Gasteiger partial charge in [-0.1, -0.05) is 30.3 Å². The van der Waals surface area contributed by atoms with Crippen LogP contribution in [0.1, 0.15) is 15.9 Å². The van der Waals surface area contributed by atoms with Crippen molar-refractivity contribution in [3.05, 3.63) is 59.7 Å².